The molecule has 0 radical (unpaired) electrons. The Morgan fingerprint density at radius 3 is 1.64 bits per heavy atom. The molecule has 1 amide bonds. The van der Waals surface area contributed by atoms with Crippen LogP contribution < -0.4 is 9.64 Å². The van der Waals surface area contributed by atoms with Gasteiger partial charge in [0.15, 0.2) is 11.4 Å². The smallest absolute Gasteiger partial charge is 0.233 e. The van der Waals surface area contributed by atoms with Crippen LogP contribution in [0.3, 0.4) is 0 Å². The molecule has 8 rings (SSSR count). The number of halogens is 2. The minimum Gasteiger partial charge on any atom is -0.473 e. The summed E-state index contributed by atoms with van der Waals surface area (Å²) in [5, 5.41) is 0. The number of ether oxygens (including phenoxy) is 3. The van der Waals surface area contributed by atoms with Gasteiger partial charge < -0.3 is 19.1 Å². The van der Waals surface area contributed by atoms with Crippen LogP contribution in [0.5, 0.6) is 5.75 Å². The maximum atomic E-state index is 14.0. The third kappa shape index (κ3) is 6.63. The van der Waals surface area contributed by atoms with Crippen molar-refractivity contribution in [3.8, 4) is 5.75 Å². The molecule has 6 aromatic carbocycles. The van der Waals surface area contributed by atoms with Crippen molar-refractivity contribution in [1.29, 1.82) is 0 Å². The lowest BCUT2D eigenvalue weighted by atomic mass is 9.77. The molecule has 0 aliphatic carbocycles. The monoisotopic (exact) mass is 707 g/mol. The molecule has 0 unspecified atom stereocenters. The number of nitrogens with zero attached hydrogens (tertiary/aromatic N) is 1. The van der Waals surface area contributed by atoms with Crippen LogP contribution in [-0.2, 0) is 25.7 Å². The molecule has 2 heterocycles. The molecular formula is C46H39F2NO4. The summed E-state index contributed by atoms with van der Waals surface area (Å²) in [6, 6.07) is 50.3. The van der Waals surface area contributed by atoms with Crippen LogP contribution in [0.25, 0.3) is 0 Å². The zero-order valence-electron chi connectivity index (χ0n) is 29.1. The lowest BCUT2D eigenvalue weighted by Crippen LogP contribution is -2.55. The third-order valence-corrected chi connectivity index (χ3v) is 10.4. The van der Waals surface area contributed by atoms with Gasteiger partial charge in [0, 0.05) is 34.4 Å². The molecule has 2 aliphatic rings. The van der Waals surface area contributed by atoms with Crippen molar-refractivity contribution < 1.29 is 27.8 Å². The van der Waals surface area contributed by atoms with E-state index in [0.717, 1.165) is 34.2 Å². The van der Waals surface area contributed by atoms with Gasteiger partial charge >= 0.3 is 0 Å². The Kier molecular flexibility index (Phi) is 9.61. The first kappa shape index (κ1) is 34.5. The molecule has 53 heavy (non-hydrogen) atoms. The summed E-state index contributed by atoms with van der Waals surface area (Å²) < 4.78 is 47.5. The normalized spacial score (nSPS) is 18.3. The maximum Gasteiger partial charge on any atom is 0.233 e. The first-order valence-corrected chi connectivity index (χ1v) is 18.0. The van der Waals surface area contributed by atoms with Gasteiger partial charge in [-0.15, -0.1) is 0 Å². The summed E-state index contributed by atoms with van der Waals surface area (Å²) in [6.07, 6.45) is 1.61. The number of β-lactam (4-membered cyclic amide) rings is 1. The van der Waals surface area contributed by atoms with Crippen molar-refractivity contribution in [1.82, 2.24) is 0 Å². The summed E-state index contributed by atoms with van der Waals surface area (Å²) in [5.41, 5.74) is 4.25. The second-order valence-corrected chi connectivity index (χ2v) is 13.5. The first-order chi connectivity index (χ1) is 26.0. The molecule has 7 heteroatoms. The summed E-state index contributed by atoms with van der Waals surface area (Å²) >= 11 is 0. The number of carbonyl (C=O) groups is 1. The third-order valence-electron chi connectivity index (χ3n) is 10.4. The Morgan fingerprint density at radius 2 is 1.13 bits per heavy atom. The Morgan fingerprint density at radius 1 is 0.642 bits per heavy atom. The second-order valence-electron chi connectivity index (χ2n) is 13.5. The summed E-state index contributed by atoms with van der Waals surface area (Å²) in [7, 11) is 0. The van der Waals surface area contributed by atoms with E-state index in [2.05, 4.69) is 36.4 Å². The van der Waals surface area contributed by atoms with Crippen molar-refractivity contribution in [2.75, 3.05) is 18.1 Å². The topological polar surface area (TPSA) is 48.0 Å². The van der Waals surface area contributed by atoms with Crippen molar-refractivity contribution in [2.24, 2.45) is 5.92 Å². The number of anilines is 1. The molecule has 5 nitrogen and oxygen atoms in total. The van der Waals surface area contributed by atoms with Gasteiger partial charge in [-0.25, -0.2) is 8.78 Å². The number of benzene rings is 6. The van der Waals surface area contributed by atoms with Gasteiger partial charge in [-0.1, -0.05) is 115 Å². The Hall–Kier alpha value is -5.63. The number of hydrogen-bond donors (Lipinski definition) is 0. The highest BCUT2D eigenvalue weighted by Gasteiger charge is 2.50. The van der Waals surface area contributed by atoms with E-state index in [1.165, 1.54) is 24.3 Å². The van der Waals surface area contributed by atoms with Crippen molar-refractivity contribution in [3.05, 3.63) is 203 Å². The van der Waals surface area contributed by atoms with Gasteiger partial charge in [-0.05, 0) is 66.9 Å². The minimum atomic E-state index is -1.08. The van der Waals surface area contributed by atoms with E-state index in [-0.39, 0.29) is 23.6 Å². The van der Waals surface area contributed by atoms with Crippen LogP contribution in [-0.4, -0.2) is 19.1 Å². The lowest BCUT2D eigenvalue weighted by molar-refractivity contribution is -0.281. The maximum absolute atomic E-state index is 14.0. The summed E-state index contributed by atoms with van der Waals surface area (Å²) in [6.45, 7) is 0.998. The molecule has 2 fully saturated rings. The van der Waals surface area contributed by atoms with Gasteiger partial charge in [-0.3, -0.25) is 4.79 Å². The second kappa shape index (κ2) is 14.8. The molecule has 0 saturated carbocycles. The van der Waals surface area contributed by atoms with E-state index >= 15 is 0 Å². The van der Waals surface area contributed by atoms with Crippen LogP contribution in [0.2, 0.25) is 0 Å². The number of amides is 1. The standard InChI is InChI=1S/C46H39F2NO4/c47-38-21-19-34(20-22-38)45(51-31-10-32-52-45)30-29-42-43(49(44(42)50)40-25-23-39(48)24-26-40)33-17-27-41(28-18-33)53-46(35-11-4-1-5-12-35,36-13-6-2-7-14-36)37-15-8-3-9-16-37/h1-9,11-28,42-43H,10,29-32H2/t42-,43-/m1/s1. The first-order valence-electron chi connectivity index (χ1n) is 18.0. The molecule has 0 aromatic heterocycles. The highest BCUT2D eigenvalue weighted by Crippen LogP contribution is 2.49. The van der Waals surface area contributed by atoms with Crippen LogP contribution in [0.4, 0.5) is 14.5 Å². The fourth-order valence-corrected chi connectivity index (χ4v) is 7.79. The SMILES string of the molecule is O=C1[C@H](CCC2(c3ccc(F)cc3)OCCCO2)[C@@H](c2ccc(OC(c3ccccc3)(c3ccccc3)c3ccccc3)cc2)N1c1ccc(F)cc1. The summed E-state index contributed by atoms with van der Waals surface area (Å²) in [5.74, 6) is -1.62. The summed E-state index contributed by atoms with van der Waals surface area (Å²) in [4.78, 5) is 15.7. The predicted molar refractivity (Wildman–Crippen MR) is 200 cm³/mol. The molecule has 0 spiro atoms. The van der Waals surface area contributed by atoms with Crippen LogP contribution in [0, 0.1) is 17.6 Å². The van der Waals surface area contributed by atoms with E-state index in [4.69, 9.17) is 14.2 Å². The molecule has 2 atom stereocenters. The molecule has 0 N–H and O–H groups in total. The fourth-order valence-electron chi connectivity index (χ4n) is 7.79. The van der Waals surface area contributed by atoms with Crippen LogP contribution in [0.15, 0.2) is 164 Å². The largest absolute Gasteiger partial charge is 0.473 e. The number of rotatable bonds is 11. The number of hydrogen-bond acceptors (Lipinski definition) is 4. The minimum absolute atomic E-state index is 0.0664. The van der Waals surface area contributed by atoms with Crippen LogP contribution in [0.1, 0.15) is 53.1 Å². The zero-order valence-corrected chi connectivity index (χ0v) is 29.1. The average molecular weight is 708 g/mol. The van der Waals surface area contributed by atoms with E-state index in [0.29, 0.717) is 37.5 Å². The number of carbonyl (C=O) groups excluding carboxylic acids is 1. The van der Waals surface area contributed by atoms with E-state index in [9.17, 15) is 13.6 Å². The Balaban J connectivity index is 1.14. The van der Waals surface area contributed by atoms with E-state index < -0.39 is 17.3 Å². The molecule has 0 bridgehead atoms. The predicted octanol–water partition coefficient (Wildman–Crippen LogP) is 10.1. The lowest BCUT2D eigenvalue weighted by Gasteiger charge is -2.49. The van der Waals surface area contributed by atoms with Gasteiger partial charge in [0.05, 0.1) is 25.2 Å². The molecule has 266 valence electrons. The van der Waals surface area contributed by atoms with E-state index in [1.807, 2.05) is 78.9 Å². The van der Waals surface area contributed by atoms with Crippen molar-refractivity contribution >= 4 is 11.6 Å². The van der Waals surface area contributed by atoms with Gasteiger partial charge in [0.2, 0.25) is 5.91 Å². The molecule has 2 saturated heterocycles. The zero-order chi connectivity index (χ0) is 36.3. The molecular weight excluding hydrogens is 669 g/mol. The van der Waals surface area contributed by atoms with Gasteiger partial charge in [-0.2, -0.15) is 0 Å². The van der Waals surface area contributed by atoms with Crippen molar-refractivity contribution in [2.45, 2.75) is 36.7 Å². The average Bonchev–Trinajstić information content (AvgIpc) is 3.21. The van der Waals surface area contributed by atoms with Gasteiger partial charge in [0.1, 0.15) is 17.4 Å². The molecule has 6 aromatic rings. The van der Waals surface area contributed by atoms with Crippen molar-refractivity contribution in [3.63, 3.8) is 0 Å². The van der Waals surface area contributed by atoms with E-state index in [1.54, 1.807) is 29.2 Å². The highest BCUT2D eigenvalue weighted by molar-refractivity contribution is 6.03. The van der Waals surface area contributed by atoms with Crippen LogP contribution >= 0.6 is 0 Å². The Labute approximate surface area is 308 Å². The quantitative estimate of drug-likeness (QED) is 0.0994. The Bertz CT molecular complexity index is 2020. The molecule has 2 aliphatic heterocycles. The fraction of sp³-hybridized carbons (Fsp3) is 0.196. The van der Waals surface area contributed by atoms with Gasteiger partial charge in [0.25, 0.3) is 0 Å². The highest BCUT2D eigenvalue weighted by atomic mass is 19.1.